The fraction of sp³-hybridized carbons (Fsp3) is 0.357. The van der Waals surface area contributed by atoms with Gasteiger partial charge in [0.1, 0.15) is 0 Å². The number of benzene rings is 1. The first-order chi connectivity index (χ1) is 10.1. The minimum atomic E-state index is -0.395. The first-order valence-corrected chi connectivity index (χ1v) is 7.58. The highest BCUT2D eigenvalue weighted by Gasteiger charge is 2.20. The summed E-state index contributed by atoms with van der Waals surface area (Å²) in [7, 11) is 0. The fourth-order valence-electron chi connectivity index (χ4n) is 2.10. The highest BCUT2D eigenvalue weighted by atomic mass is 79.9. The van der Waals surface area contributed by atoms with Crippen molar-refractivity contribution in [1.29, 1.82) is 0 Å². The molecule has 6 nitrogen and oxygen atoms in total. The standard InChI is InChI=1S/C14H15BrN4O2/c15-14-5-13(19(20)21)4-1-10(14)7-18-8-12(17-9-18)6-16-11-2-3-11/h1,4-5,8-9,11,16H,2-3,6-7H2. The predicted molar refractivity (Wildman–Crippen MR) is 82.0 cm³/mol. The molecule has 2 aromatic rings. The van der Waals surface area contributed by atoms with Crippen molar-refractivity contribution in [3.63, 3.8) is 0 Å². The number of hydrogen-bond acceptors (Lipinski definition) is 4. The van der Waals surface area contributed by atoms with Gasteiger partial charge in [0, 0.05) is 41.9 Å². The van der Waals surface area contributed by atoms with Crippen LogP contribution in [0.4, 0.5) is 5.69 Å². The molecule has 0 spiro atoms. The molecule has 110 valence electrons. The minimum Gasteiger partial charge on any atom is -0.333 e. The molecule has 1 N–H and O–H groups in total. The Kier molecular flexibility index (Phi) is 4.03. The summed E-state index contributed by atoms with van der Waals surface area (Å²) in [6.07, 6.45) is 6.31. The van der Waals surface area contributed by atoms with Gasteiger partial charge in [0.15, 0.2) is 0 Å². The summed E-state index contributed by atoms with van der Waals surface area (Å²) in [6, 6.07) is 5.48. The van der Waals surface area contributed by atoms with E-state index in [9.17, 15) is 10.1 Å². The van der Waals surface area contributed by atoms with Crippen LogP contribution in [0.15, 0.2) is 35.2 Å². The third kappa shape index (κ3) is 3.68. The van der Waals surface area contributed by atoms with E-state index < -0.39 is 4.92 Å². The maximum Gasteiger partial charge on any atom is 0.270 e. The van der Waals surface area contributed by atoms with E-state index in [1.165, 1.54) is 25.0 Å². The van der Waals surface area contributed by atoms with Gasteiger partial charge < -0.3 is 9.88 Å². The molecule has 1 aliphatic carbocycles. The molecule has 0 radical (unpaired) electrons. The highest BCUT2D eigenvalue weighted by molar-refractivity contribution is 9.10. The first-order valence-electron chi connectivity index (χ1n) is 6.78. The van der Waals surface area contributed by atoms with Gasteiger partial charge in [-0.05, 0) is 24.5 Å². The minimum absolute atomic E-state index is 0.0885. The maximum absolute atomic E-state index is 10.7. The van der Waals surface area contributed by atoms with Crippen LogP contribution in [0, 0.1) is 10.1 Å². The zero-order chi connectivity index (χ0) is 14.8. The van der Waals surface area contributed by atoms with Crippen molar-refractivity contribution in [2.75, 3.05) is 0 Å². The normalized spacial score (nSPS) is 14.3. The third-order valence-corrected chi connectivity index (χ3v) is 4.17. The van der Waals surface area contributed by atoms with E-state index in [4.69, 9.17) is 0 Å². The molecule has 1 heterocycles. The van der Waals surface area contributed by atoms with Gasteiger partial charge in [0.25, 0.3) is 5.69 Å². The lowest BCUT2D eigenvalue weighted by atomic mass is 10.2. The van der Waals surface area contributed by atoms with Crippen molar-refractivity contribution in [2.24, 2.45) is 0 Å². The SMILES string of the molecule is O=[N+]([O-])c1ccc(Cn2cnc(CNC3CC3)c2)c(Br)c1. The number of imidazole rings is 1. The third-order valence-electron chi connectivity index (χ3n) is 3.44. The molecule has 0 saturated heterocycles. The van der Waals surface area contributed by atoms with E-state index in [0.29, 0.717) is 12.6 Å². The predicted octanol–water partition coefficient (Wildman–Crippen LogP) is 2.85. The van der Waals surface area contributed by atoms with E-state index in [1.807, 2.05) is 10.8 Å². The van der Waals surface area contributed by atoms with Crippen LogP contribution in [0.5, 0.6) is 0 Å². The van der Waals surface area contributed by atoms with Crippen molar-refractivity contribution in [3.8, 4) is 0 Å². The van der Waals surface area contributed by atoms with Crippen LogP contribution in [0.25, 0.3) is 0 Å². The Labute approximate surface area is 130 Å². The lowest BCUT2D eigenvalue weighted by Gasteiger charge is -2.05. The molecule has 0 unspecified atom stereocenters. The molecule has 7 heteroatoms. The Bertz CT molecular complexity index is 667. The highest BCUT2D eigenvalue weighted by Crippen LogP contribution is 2.24. The maximum atomic E-state index is 10.7. The molecule has 1 fully saturated rings. The molecule has 0 bridgehead atoms. The van der Waals surface area contributed by atoms with Gasteiger partial charge in [-0.15, -0.1) is 0 Å². The Balaban J connectivity index is 1.66. The Morgan fingerprint density at radius 1 is 1.48 bits per heavy atom. The summed E-state index contributed by atoms with van der Waals surface area (Å²) in [5.74, 6) is 0. The second kappa shape index (κ2) is 5.95. The topological polar surface area (TPSA) is 73.0 Å². The second-order valence-corrected chi connectivity index (χ2v) is 6.08. The molecule has 0 atom stereocenters. The summed E-state index contributed by atoms with van der Waals surface area (Å²) < 4.78 is 2.72. The zero-order valence-electron chi connectivity index (χ0n) is 11.3. The van der Waals surface area contributed by atoms with Crippen molar-refractivity contribution in [3.05, 3.63) is 56.6 Å². The van der Waals surface area contributed by atoms with Gasteiger partial charge >= 0.3 is 0 Å². The van der Waals surface area contributed by atoms with Crippen LogP contribution in [0.2, 0.25) is 0 Å². The number of nitro benzene ring substituents is 1. The van der Waals surface area contributed by atoms with Crippen LogP contribution < -0.4 is 5.32 Å². The largest absolute Gasteiger partial charge is 0.333 e. The Morgan fingerprint density at radius 3 is 2.95 bits per heavy atom. The summed E-state index contributed by atoms with van der Waals surface area (Å²) in [5, 5.41) is 14.1. The van der Waals surface area contributed by atoms with E-state index in [-0.39, 0.29) is 5.69 Å². The first kappa shape index (κ1) is 14.2. The molecule has 1 aromatic heterocycles. The van der Waals surface area contributed by atoms with Gasteiger partial charge in [-0.1, -0.05) is 15.9 Å². The van der Waals surface area contributed by atoms with Crippen LogP contribution in [-0.2, 0) is 13.1 Å². The number of halogens is 1. The van der Waals surface area contributed by atoms with Gasteiger partial charge in [-0.3, -0.25) is 10.1 Å². The monoisotopic (exact) mass is 350 g/mol. The lowest BCUT2D eigenvalue weighted by molar-refractivity contribution is -0.384. The van der Waals surface area contributed by atoms with Gasteiger partial charge in [-0.25, -0.2) is 4.98 Å². The van der Waals surface area contributed by atoms with E-state index in [2.05, 4.69) is 26.2 Å². The van der Waals surface area contributed by atoms with E-state index >= 15 is 0 Å². The molecule has 0 aliphatic heterocycles. The summed E-state index contributed by atoms with van der Waals surface area (Å²) >= 11 is 3.39. The molecule has 21 heavy (non-hydrogen) atoms. The second-order valence-electron chi connectivity index (χ2n) is 5.23. The van der Waals surface area contributed by atoms with Gasteiger partial charge in [-0.2, -0.15) is 0 Å². The fourth-order valence-corrected chi connectivity index (χ4v) is 2.59. The summed E-state index contributed by atoms with van der Waals surface area (Å²) in [4.78, 5) is 14.7. The average Bonchev–Trinajstić information content (AvgIpc) is 3.18. The van der Waals surface area contributed by atoms with Crippen molar-refractivity contribution in [1.82, 2.24) is 14.9 Å². The molecule has 1 aliphatic rings. The molecule has 3 rings (SSSR count). The summed E-state index contributed by atoms with van der Waals surface area (Å²) in [5.41, 5.74) is 2.09. The van der Waals surface area contributed by atoms with Crippen LogP contribution >= 0.6 is 15.9 Å². The van der Waals surface area contributed by atoms with Crippen molar-refractivity contribution >= 4 is 21.6 Å². The summed E-state index contributed by atoms with van der Waals surface area (Å²) in [6.45, 7) is 1.42. The molecular weight excluding hydrogens is 336 g/mol. The Morgan fingerprint density at radius 2 is 2.29 bits per heavy atom. The number of nitrogens with zero attached hydrogens (tertiary/aromatic N) is 3. The van der Waals surface area contributed by atoms with Crippen LogP contribution in [0.1, 0.15) is 24.1 Å². The molecular formula is C14H15BrN4O2. The van der Waals surface area contributed by atoms with E-state index in [0.717, 1.165) is 22.3 Å². The number of non-ortho nitro benzene ring substituents is 1. The van der Waals surface area contributed by atoms with Crippen molar-refractivity contribution < 1.29 is 4.92 Å². The van der Waals surface area contributed by atoms with Crippen LogP contribution in [-0.4, -0.2) is 20.5 Å². The zero-order valence-corrected chi connectivity index (χ0v) is 12.9. The molecule has 0 amide bonds. The number of rotatable bonds is 6. The number of aromatic nitrogens is 2. The lowest BCUT2D eigenvalue weighted by Crippen LogP contribution is -2.15. The number of nitro groups is 1. The van der Waals surface area contributed by atoms with E-state index in [1.54, 1.807) is 12.4 Å². The Hall–Kier alpha value is -1.73. The average molecular weight is 351 g/mol. The smallest absolute Gasteiger partial charge is 0.270 e. The number of nitrogens with one attached hydrogen (secondary N) is 1. The molecule has 1 saturated carbocycles. The quantitative estimate of drug-likeness (QED) is 0.642. The van der Waals surface area contributed by atoms with Gasteiger partial charge in [0.2, 0.25) is 0 Å². The molecule has 1 aromatic carbocycles. The number of hydrogen-bond donors (Lipinski definition) is 1. The van der Waals surface area contributed by atoms with Crippen LogP contribution in [0.3, 0.4) is 0 Å². The van der Waals surface area contributed by atoms with Crippen molar-refractivity contribution in [2.45, 2.75) is 32.0 Å². The van der Waals surface area contributed by atoms with Gasteiger partial charge in [0.05, 0.1) is 16.9 Å².